The summed E-state index contributed by atoms with van der Waals surface area (Å²) in [6, 6.07) is 7.45. The number of methoxy groups -OCH3 is 1. The highest BCUT2D eigenvalue weighted by atomic mass is 19.1. The molecule has 2 heterocycles. The van der Waals surface area contributed by atoms with Crippen LogP contribution in [-0.4, -0.2) is 68.2 Å². The van der Waals surface area contributed by atoms with Gasteiger partial charge in [-0.25, -0.2) is 4.39 Å². The first-order valence-corrected chi connectivity index (χ1v) is 10.1. The van der Waals surface area contributed by atoms with Gasteiger partial charge in [0.2, 0.25) is 5.91 Å². The lowest BCUT2D eigenvalue weighted by Gasteiger charge is -2.42. The van der Waals surface area contributed by atoms with E-state index in [0.29, 0.717) is 19.2 Å². The Bertz CT molecular complexity index is 605. The quantitative estimate of drug-likeness (QED) is 0.741. The zero-order chi connectivity index (χ0) is 19.1. The van der Waals surface area contributed by atoms with Crippen molar-refractivity contribution < 1.29 is 13.9 Å². The molecule has 1 aromatic carbocycles. The molecule has 1 N–H and O–H groups in total. The van der Waals surface area contributed by atoms with E-state index in [4.69, 9.17) is 4.74 Å². The molecule has 5 nitrogen and oxygen atoms in total. The van der Waals surface area contributed by atoms with Crippen molar-refractivity contribution in [2.45, 2.75) is 38.3 Å². The third kappa shape index (κ3) is 5.99. The maximum absolute atomic E-state index is 13.4. The molecule has 0 saturated carbocycles. The second kappa shape index (κ2) is 10.2. The number of nitrogens with zero attached hydrogens (tertiary/aromatic N) is 2. The summed E-state index contributed by atoms with van der Waals surface area (Å²) in [7, 11) is 1.65. The first-order chi connectivity index (χ1) is 13.2. The predicted molar refractivity (Wildman–Crippen MR) is 104 cm³/mol. The number of piperidine rings is 2. The van der Waals surface area contributed by atoms with Crippen molar-refractivity contribution in [3.05, 3.63) is 35.6 Å². The van der Waals surface area contributed by atoms with E-state index in [2.05, 4.69) is 15.1 Å². The molecule has 0 aromatic heterocycles. The van der Waals surface area contributed by atoms with Crippen LogP contribution in [0.25, 0.3) is 0 Å². The van der Waals surface area contributed by atoms with E-state index < -0.39 is 0 Å². The average Bonchev–Trinajstić information content (AvgIpc) is 2.69. The van der Waals surface area contributed by atoms with Crippen molar-refractivity contribution in [2.75, 3.05) is 46.4 Å². The van der Waals surface area contributed by atoms with Crippen LogP contribution in [0, 0.1) is 11.7 Å². The van der Waals surface area contributed by atoms with Gasteiger partial charge < -0.3 is 10.1 Å². The minimum Gasteiger partial charge on any atom is -0.383 e. The summed E-state index contributed by atoms with van der Waals surface area (Å²) in [5.41, 5.74) is 1.04. The molecular formula is C21H32FN3O2. The first kappa shape index (κ1) is 20.2. The molecule has 2 saturated heterocycles. The maximum atomic E-state index is 13.4. The van der Waals surface area contributed by atoms with Crippen LogP contribution in [0.5, 0.6) is 0 Å². The van der Waals surface area contributed by atoms with Crippen molar-refractivity contribution in [2.24, 2.45) is 5.92 Å². The smallest absolute Gasteiger partial charge is 0.224 e. The Kier molecular flexibility index (Phi) is 7.61. The topological polar surface area (TPSA) is 44.8 Å². The number of rotatable bonds is 7. The Balaban J connectivity index is 1.44. The number of nitrogens with one attached hydrogen (secondary N) is 1. The van der Waals surface area contributed by atoms with Crippen LogP contribution in [0.4, 0.5) is 4.39 Å². The number of amides is 1. The maximum Gasteiger partial charge on any atom is 0.224 e. The molecule has 6 heteroatoms. The molecule has 1 unspecified atom stereocenters. The van der Waals surface area contributed by atoms with Crippen molar-refractivity contribution in [3.8, 4) is 0 Å². The van der Waals surface area contributed by atoms with Crippen molar-refractivity contribution in [1.82, 2.24) is 15.1 Å². The lowest BCUT2D eigenvalue weighted by Crippen LogP contribution is -2.50. The average molecular weight is 378 g/mol. The number of halogens is 1. The summed E-state index contributed by atoms with van der Waals surface area (Å²) in [5.74, 6) is 0.103. The molecular weight excluding hydrogens is 345 g/mol. The number of benzene rings is 1. The number of carbonyl (C=O) groups excluding carboxylic acids is 1. The van der Waals surface area contributed by atoms with Gasteiger partial charge in [0, 0.05) is 32.8 Å². The monoisotopic (exact) mass is 377 g/mol. The zero-order valence-electron chi connectivity index (χ0n) is 16.3. The van der Waals surface area contributed by atoms with Crippen LogP contribution in [-0.2, 0) is 16.1 Å². The fourth-order valence-corrected chi connectivity index (χ4v) is 4.31. The number of hydrogen-bond acceptors (Lipinski definition) is 4. The number of hydrogen-bond donors (Lipinski definition) is 1. The van der Waals surface area contributed by atoms with Crippen LogP contribution in [0.15, 0.2) is 24.3 Å². The molecule has 150 valence electrons. The Morgan fingerprint density at radius 3 is 2.81 bits per heavy atom. The molecule has 0 radical (unpaired) electrons. The molecule has 2 fully saturated rings. The zero-order valence-corrected chi connectivity index (χ0v) is 16.3. The van der Waals surface area contributed by atoms with E-state index in [1.807, 2.05) is 6.07 Å². The third-order valence-corrected chi connectivity index (χ3v) is 5.80. The largest absolute Gasteiger partial charge is 0.383 e. The summed E-state index contributed by atoms with van der Waals surface area (Å²) in [6.07, 6.45) is 4.31. The number of carbonyl (C=O) groups is 1. The minimum absolute atomic E-state index is 0.0981. The normalized spacial score (nSPS) is 22.7. The number of likely N-dealkylation sites (tertiary alicyclic amines) is 2. The molecule has 0 bridgehead atoms. The second-order valence-electron chi connectivity index (χ2n) is 7.76. The molecule has 1 aromatic rings. The van der Waals surface area contributed by atoms with Crippen LogP contribution in [0.1, 0.15) is 31.2 Å². The van der Waals surface area contributed by atoms with Gasteiger partial charge in [-0.3, -0.25) is 14.6 Å². The van der Waals surface area contributed by atoms with Crippen LogP contribution >= 0.6 is 0 Å². The summed E-state index contributed by atoms with van der Waals surface area (Å²) < 4.78 is 18.4. The Labute approximate surface area is 161 Å². The van der Waals surface area contributed by atoms with E-state index >= 15 is 0 Å². The lowest BCUT2D eigenvalue weighted by atomic mass is 9.93. The molecule has 0 spiro atoms. The van der Waals surface area contributed by atoms with Crippen LogP contribution < -0.4 is 5.32 Å². The van der Waals surface area contributed by atoms with Crippen molar-refractivity contribution in [1.29, 1.82) is 0 Å². The minimum atomic E-state index is -0.162. The molecule has 0 aliphatic carbocycles. The van der Waals surface area contributed by atoms with Gasteiger partial charge >= 0.3 is 0 Å². The highest BCUT2D eigenvalue weighted by molar-refractivity contribution is 5.78. The molecule has 2 aliphatic heterocycles. The Hall–Kier alpha value is -1.50. The standard InChI is InChI=1S/C21H32FN3O2/c1-27-13-9-23-21(26)18-5-3-10-25(16-18)20-7-11-24(12-8-20)15-17-4-2-6-19(22)14-17/h2,4,6,14,18,20H,3,5,7-13,15-16H2,1H3,(H,23,26). The van der Waals surface area contributed by atoms with Crippen molar-refractivity contribution in [3.63, 3.8) is 0 Å². The van der Waals surface area contributed by atoms with E-state index in [1.165, 1.54) is 6.07 Å². The highest BCUT2D eigenvalue weighted by Crippen LogP contribution is 2.24. The Morgan fingerprint density at radius 1 is 1.26 bits per heavy atom. The fraction of sp³-hybridized carbons (Fsp3) is 0.667. The third-order valence-electron chi connectivity index (χ3n) is 5.80. The SMILES string of the molecule is COCCNC(=O)C1CCCN(C2CCN(Cc3cccc(F)c3)CC2)C1. The molecule has 27 heavy (non-hydrogen) atoms. The fourth-order valence-electron chi connectivity index (χ4n) is 4.31. The van der Waals surface area contributed by atoms with Gasteiger partial charge in [0.15, 0.2) is 0 Å². The van der Waals surface area contributed by atoms with Crippen molar-refractivity contribution >= 4 is 5.91 Å². The van der Waals surface area contributed by atoms with E-state index in [9.17, 15) is 9.18 Å². The predicted octanol–water partition coefficient (Wildman–Crippen LogP) is 2.26. The van der Waals surface area contributed by atoms with E-state index in [-0.39, 0.29) is 17.6 Å². The van der Waals surface area contributed by atoms with Gasteiger partial charge in [-0.15, -0.1) is 0 Å². The molecule has 1 atom stereocenters. The van der Waals surface area contributed by atoms with Gasteiger partial charge in [0.1, 0.15) is 5.82 Å². The Morgan fingerprint density at radius 2 is 2.07 bits per heavy atom. The van der Waals surface area contributed by atoms with Crippen LogP contribution in [0.2, 0.25) is 0 Å². The van der Waals surface area contributed by atoms with E-state index in [1.54, 1.807) is 19.2 Å². The summed E-state index contributed by atoms with van der Waals surface area (Å²) in [4.78, 5) is 17.3. The lowest BCUT2D eigenvalue weighted by molar-refractivity contribution is -0.127. The summed E-state index contributed by atoms with van der Waals surface area (Å²) in [6.45, 7) is 5.99. The second-order valence-corrected chi connectivity index (χ2v) is 7.76. The van der Waals surface area contributed by atoms with Crippen LogP contribution in [0.3, 0.4) is 0 Å². The van der Waals surface area contributed by atoms with Gasteiger partial charge in [0.05, 0.1) is 12.5 Å². The van der Waals surface area contributed by atoms with Gasteiger partial charge in [0.25, 0.3) is 0 Å². The molecule has 2 aliphatic rings. The van der Waals surface area contributed by atoms with Gasteiger partial charge in [-0.1, -0.05) is 12.1 Å². The summed E-state index contributed by atoms with van der Waals surface area (Å²) in [5, 5.41) is 2.99. The molecule has 3 rings (SSSR count). The number of ether oxygens (including phenoxy) is 1. The van der Waals surface area contributed by atoms with E-state index in [0.717, 1.165) is 64.0 Å². The van der Waals surface area contributed by atoms with Gasteiger partial charge in [-0.2, -0.15) is 0 Å². The highest BCUT2D eigenvalue weighted by Gasteiger charge is 2.31. The molecule has 1 amide bonds. The summed E-state index contributed by atoms with van der Waals surface area (Å²) >= 11 is 0. The van der Waals surface area contributed by atoms with Gasteiger partial charge in [-0.05, 0) is 63.0 Å². The first-order valence-electron chi connectivity index (χ1n) is 10.1.